The van der Waals surface area contributed by atoms with E-state index in [9.17, 15) is 0 Å². The molecule has 0 aromatic heterocycles. The van der Waals surface area contributed by atoms with Crippen molar-refractivity contribution in [2.45, 2.75) is 39.8 Å². The van der Waals surface area contributed by atoms with Gasteiger partial charge in [-0.15, -0.1) is 0 Å². The first-order valence-corrected chi connectivity index (χ1v) is 7.78. The van der Waals surface area contributed by atoms with Gasteiger partial charge in [0, 0.05) is 23.2 Å². The number of hydrogen-bond acceptors (Lipinski definition) is 1. The highest BCUT2D eigenvalue weighted by atomic mass is 15.2. The molecule has 3 aromatic rings. The SMILES string of the molecule is CC(C)N(c1cccc2c1ccc1ccccc12)C(C)C. The van der Waals surface area contributed by atoms with Crippen LogP contribution in [0, 0.1) is 0 Å². The molecule has 3 aromatic carbocycles. The van der Waals surface area contributed by atoms with Crippen LogP contribution in [0.2, 0.25) is 0 Å². The van der Waals surface area contributed by atoms with Gasteiger partial charge in [-0.3, -0.25) is 0 Å². The van der Waals surface area contributed by atoms with E-state index in [1.165, 1.54) is 27.2 Å². The van der Waals surface area contributed by atoms with Gasteiger partial charge in [-0.05, 0) is 49.9 Å². The molecule has 0 aliphatic carbocycles. The molecule has 0 atom stereocenters. The fourth-order valence-corrected chi connectivity index (χ4v) is 3.40. The van der Waals surface area contributed by atoms with E-state index < -0.39 is 0 Å². The van der Waals surface area contributed by atoms with Gasteiger partial charge < -0.3 is 4.90 Å². The molecular formula is C20H23N. The van der Waals surface area contributed by atoms with Gasteiger partial charge in [0.15, 0.2) is 0 Å². The highest BCUT2D eigenvalue weighted by Crippen LogP contribution is 2.33. The quantitative estimate of drug-likeness (QED) is 0.562. The average Bonchev–Trinajstić information content (AvgIpc) is 2.46. The van der Waals surface area contributed by atoms with Crippen LogP contribution in [0.25, 0.3) is 21.5 Å². The summed E-state index contributed by atoms with van der Waals surface area (Å²) in [4.78, 5) is 2.50. The summed E-state index contributed by atoms with van der Waals surface area (Å²) < 4.78 is 0. The van der Waals surface area contributed by atoms with Crippen LogP contribution in [0.15, 0.2) is 54.6 Å². The van der Waals surface area contributed by atoms with Crippen LogP contribution in [-0.4, -0.2) is 12.1 Å². The first-order valence-electron chi connectivity index (χ1n) is 7.78. The van der Waals surface area contributed by atoms with Crippen molar-refractivity contribution in [1.29, 1.82) is 0 Å². The third-order valence-corrected chi connectivity index (χ3v) is 4.15. The Morgan fingerprint density at radius 1 is 0.619 bits per heavy atom. The molecule has 0 radical (unpaired) electrons. The van der Waals surface area contributed by atoms with E-state index >= 15 is 0 Å². The van der Waals surface area contributed by atoms with Gasteiger partial charge in [0.25, 0.3) is 0 Å². The molecule has 0 spiro atoms. The second-order valence-corrected chi connectivity index (χ2v) is 6.25. The second kappa shape index (κ2) is 5.40. The van der Waals surface area contributed by atoms with Crippen LogP contribution in [-0.2, 0) is 0 Å². The molecule has 0 saturated carbocycles. The van der Waals surface area contributed by atoms with Crippen LogP contribution in [0.4, 0.5) is 5.69 Å². The van der Waals surface area contributed by atoms with Crippen molar-refractivity contribution < 1.29 is 0 Å². The van der Waals surface area contributed by atoms with E-state index in [0.29, 0.717) is 12.1 Å². The summed E-state index contributed by atoms with van der Waals surface area (Å²) in [5.41, 5.74) is 1.34. The zero-order chi connectivity index (χ0) is 15.0. The Morgan fingerprint density at radius 2 is 1.29 bits per heavy atom. The van der Waals surface area contributed by atoms with E-state index in [-0.39, 0.29) is 0 Å². The van der Waals surface area contributed by atoms with Crippen molar-refractivity contribution in [2.75, 3.05) is 4.90 Å². The highest BCUT2D eigenvalue weighted by Gasteiger charge is 2.16. The van der Waals surface area contributed by atoms with Crippen LogP contribution < -0.4 is 4.90 Å². The van der Waals surface area contributed by atoms with Gasteiger partial charge in [-0.2, -0.15) is 0 Å². The number of nitrogens with zero attached hydrogens (tertiary/aromatic N) is 1. The van der Waals surface area contributed by atoms with E-state index in [1.54, 1.807) is 0 Å². The van der Waals surface area contributed by atoms with Gasteiger partial charge in [-0.1, -0.05) is 48.5 Å². The van der Waals surface area contributed by atoms with Gasteiger partial charge in [0.05, 0.1) is 0 Å². The summed E-state index contributed by atoms with van der Waals surface area (Å²) >= 11 is 0. The summed E-state index contributed by atoms with van der Waals surface area (Å²) in [6, 6.07) is 20.8. The van der Waals surface area contributed by atoms with Crippen molar-refractivity contribution >= 4 is 27.2 Å². The standard InChI is InChI=1S/C20H23N/c1-14(2)21(15(3)4)20-11-7-10-18-17-9-6-5-8-16(17)12-13-19(18)20/h5-15H,1-4H3. The lowest BCUT2D eigenvalue weighted by Crippen LogP contribution is -2.37. The molecule has 0 aliphatic heterocycles. The Bertz CT molecular complexity index is 763. The smallest absolute Gasteiger partial charge is 0.0450 e. The molecule has 1 heteroatoms. The molecule has 1 nitrogen and oxygen atoms in total. The molecule has 3 rings (SSSR count). The van der Waals surface area contributed by atoms with Crippen molar-refractivity contribution in [3.05, 3.63) is 54.6 Å². The zero-order valence-electron chi connectivity index (χ0n) is 13.3. The van der Waals surface area contributed by atoms with Crippen LogP contribution in [0.1, 0.15) is 27.7 Å². The predicted molar refractivity (Wildman–Crippen MR) is 94.2 cm³/mol. The summed E-state index contributed by atoms with van der Waals surface area (Å²) in [5, 5.41) is 5.34. The maximum Gasteiger partial charge on any atom is 0.0450 e. The molecule has 0 amide bonds. The molecule has 0 fully saturated rings. The third-order valence-electron chi connectivity index (χ3n) is 4.15. The second-order valence-electron chi connectivity index (χ2n) is 6.25. The fraction of sp³-hybridized carbons (Fsp3) is 0.300. The molecule has 0 bridgehead atoms. The van der Waals surface area contributed by atoms with Crippen molar-refractivity contribution in [3.63, 3.8) is 0 Å². The molecule has 0 saturated heterocycles. The minimum absolute atomic E-state index is 0.488. The maximum absolute atomic E-state index is 2.50. The summed E-state index contributed by atoms with van der Waals surface area (Å²) in [6.45, 7) is 9.06. The Hall–Kier alpha value is -2.02. The van der Waals surface area contributed by atoms with Gasteiger partial charge >= 0.3 is 0 Å². The van der Waals surface area contributed by atoms with E-state index in [2.05, 4.69) is 87.2 Å². The monoisotopic (exact) mass is 277 g/mol. The van der Waals surface area contributed by atoms with E-state index in [0.717, 1.165) is 0 Å². The summed E-state index contributed by atoms with van der Waals surface area (Å²) in [5.74, 6) is 0. The lowest BCUT2D eigenvalue weighted by atomic mass is 9.99. The molecule has 21 heavy (non-hydrogen) atoms. The molecule has 0 heterocycles. The predicted octanol–water partition coefficient (Wildman–Crippen LogP) is 5.62. The zero-order valence-corrected chi connectivity index (χ0v) is 13.3. The normalized spacial score (nSPS) is 11.7. The van der Waals surface area contributed by atoms with Crippen molar-refractivity contribution in [3.8, 4) is 0 Å². The maximum atomic E-state index is 2.50. The minimum Gasteiger partial charge on any atom is -0.366 e. The number of anilines is 1. The van der Waals surface area contributed by atoms with Crippen LogP contribution in [0.5, 0.6) is 0 Å². The molecular weight excluding hydrogens is 254 g/mol. The number of rotatable bonds is 3. The Morgan fingerprint density at radius 3 is 2.00 bits per heavy atom. The Balaban J connectivity index is 2.32. The van der Waals surface area contributed by atoms with Crippen LogP contribution in [0.3, 0.4) is 0 Å². The summed E-state index contributed by atoms with van der Waals surface area (Å²) in [6.07, 6.45) is 0. The Kier molecular flexibility index (Phi) is 3.59. The largest absolute Gasteiger partial charge is 0.366 e. The van der Waals surface area contributed by atoms with E-state index in [1.807, 2.05) is 0 Å². The van der Waals surface area contributed by atoms with Crippen molar-refractivity contribution in [2.24, 2.45) is 0 Å². The van der Waals surface area contributed by atoms with Crippen molar-refractivity contribution in [1.82, 2.24) is 0 Å². The van der Waals surface area contributed by atoms with E-state index in [4.69, 9.17) is 0 Å². The minimum atomic E-state index is 0.488. The highest BCUT2D eigenvalue weighted by molar-refractivity contribution is 6.11. The average molecular weight is 277 g/mol. The molecule has 0 unspecified atom stereocenters. The lowest BCUT2D eigenvalue weighted by Gasteiger charge is -2.34. The number of hydrogen-bond donors (Lipinski definition) is 0. The number of benzene rings is 3. The number of fused-ring (bicyclic) bond motifs is 3. The molecule has 108 valence electrons. The Labute approximate surface area is 127 Å². The molecule has 0 N–H and O–H groups in total. The van der Waals surface area contributed by atoms with Crippen LogP contribution >= 0.6 is 0 Å². The van der Waals surface area contributed by atoms with Gasteiger partial charge in [-0.25, -0.2) is 0 Å². The van der Waals surface area contributed by atoms with Gasteiger partial charge in [0.2, 0.25) is 0 Å². The first kappa shape index (κ1) is 13.9. The fourth-order valence-electron chi connectivity index (χ4n) is 3.40. The summed E-state index contributed by atoms with van der Waals surface area (Å²) in [7, 11) is 0. The molecule has 0 aliphatic rings. The first-order chi connectivity index (χ1) is 10.1. The lowest BCUT2D eigenvalue weighted by molar-refractivity contribution is 0.610. The van der Waals surface area contributed by atoms with Gasteiger partial charge in [0.1, 0.15) is 0 Å². The topological polar surface area (TPSA) is 3.24 Å². The third kappa shape index (κ3) is 2.37.